The number of carboxylic acid groups (broad SMARTS) is 1. The van der Waals surface area contributed by atoms with Crippen LogP contribution in [-0.4, -0.2) is 33.5 Å². The molecule has 1 N–H and O–H groups in total. The number of halogens is 4. The summed E-state index contributed by atoms with van der Waals surface area (Å²) in [6, 6.07) is 13.6. The molecule has 214 valence electrons. The van der Waals surface area contributed by atoms with Crippen LogP contribution in [0.2, 0.25) is 15.1 Å². The van der Waals surface area contributed by atoms with Gasteiger partial charge in [-0.05, 0) is 72.3 Å². The SMILES string of the molecule is O=C(O)c1cc(F)c2nc(N3CC(c4ccc(OCc5c(-c6c(Cl)cccc6Cl)nsc5C5CC5)cc4Cl)C3)sc2c1. The molecule has 0 amide bonds. The summed E-state index contributed by atoms with van der Waals surface area (Å²) in [4.78, 5) is 18.9. The molecule has 6 nitrogen and oxygen atoms in total. The first-order valence-corrected chi connectivity index (χ1v) is 15.9. The molecule has 2 aromatic heterocycles. The van der Waals surface area contributed by atoms with E-state index < -0.39 is 11.8 Å². The third-order valence-corrected chi connectivity index (χ3v) is 10.7. The fraction of sp³-hybridized carbons (Fsp3) is 0.233. The van der Waals surface area contributed by atoms with E-state index in [1.807, 2.05) is 41.3 Å². The number of rotatable bonds is 8. The Balaban J connectivity index is 1.06. The highest BCUT2D eigenvalue weighted by Gasteiger charge is 2.33. The summed E-state index contributed by atoms with van der Waals surface area (Å²) >= 11 is 22.5. The Morgan fingerprint density at radius 2 is 1.81 bits per heavy atom. The number of benzene rings is 3. The molecule has 0 unspecified atom stereocenters. The quantitative estimate of drug-likeness (QED) is 0.179. The monoisotopic (exact) mass is 659 g/mol. The van der Waals surface area contributed by atoms with Gasteiger partial charge in [-0.1, -0.05) is 58.3 Å². The smallest absolute Gasteiger partial charge is 0.335 e. The molecular formula is C30H21Cl3FN3O3S2. The zero-order valence-corrected chi connectivity index (χ0v) is 25.6. The first-order valence-electron chi connectivity index (χ1n) is 13.2. The number of ether oxygens (including phenoxy) is 1. The number of aromatic carboxylic acids is 1. The number of aromatic nitrogens is 2. The zero-order valence-electron chi connectivity index (χ0n) is 21.7. The molecule has 1 saturated heterocycles. The van der Waals surface area contributed by atoms with Gasteiger partial charge in [-0.2, -0.15) is 4.37 Å². The highest BCUT2D eigenvalue weighted by atomic mass is 35.5. The van der Waals surface area contributed by atoms with Crippen LogP contribution in [0.1, 0.15) is 51.0 Å². The summed E-state index contributed by atoms with van der Waals surface area (Å²) < 4.78 is 25.9. The number of hydrogen-bond donors (Lipinski definition) is 1. The van der Waals surface area contributed by atoms with Gasteiger partial charge >= 0.3 is 5.97 Å². The molecular weight excluding hydrogens is 640 g/mol. The lowest BCUT2D eigenvalue weighted by molar-refractivity contribution is 0.0696. The Morgan fingerprint density at radius 1 is 1.05 bits per heavy atom. The van der Waals surface area contributed by atoms with Crippen molar-refractivity contribution in [1.82, 2.24) is 9.36 Å². The summed E-state index contributed by atoms with van der Waals surface area (Å²) in [7, 11) is 0. The van der Waals surface area contributed by atoms with E-state index in [2.05, 4.69) is 4.98 Å². The number of carboxylic acids is 1. The fourth-order valence-electron chi connectivity index (χ4n) is 5.20. The van der Waals surface area contributed by atoms with Gasteiger partial charge in [-0.15, -0.1) is 0 Å². The van der Waals surface area contributed by atoms with Crippen molar-refractivity contribution in [2.45, 2.75) is 31.3 Å². The molecule has 0 spiro atoms. The molecule has 3 heterocycles. The minimum absolute atomic E-state index is 0.0892. The molecule has 2 aliphatic rings. The first-order chi connectivity index (χ1) is 20.3. The maximum atomic E-state index is 14.4. The van der Waals surface area contributed by atoms with E-state index in [-0.39, 0.29) is 17.0 Å². The van der Waals surface area contributed by atoms with Crippen LogP contribution < -0.4 is 9.64 Å². The summed E-state index contributed by atoms with van der Waals surface area (Å²) in [6.07, 6.45) is 2.28. The Labute approximate surface area is 263 Å². The molecule has 1 saturated carbocycles. The maximum Gasteiger partial charge on any atom is 0.335 e. The molecule has 1 aliphatic heterocycles. The van der Waals surface area contributed by atoms with E-state index >= 15 is 0 Å². The number of anilines is 1. The average Bonchev–Trinajstić information content (AvgIpc) is 3.54. The van der Waals surface area contributed by atoms with Crippen LogP contribution in [0.25, 0.3) is 21.5 Å². The first kappa shape index (κ1) is 27.9. The third kappa shape index (κ3) is 5.11. The van der Waals surface area contributed by atoms with Crippen LogP contribution in [0.3, 0.4) is 0 Å². The molecule has 1 aliphatic carbocycles. The van der Waals surface area contributed by atoms with Crippen molar-refractivity contribution in [3.63, 3.8) is 0 Å². The normalized spacial score (nSPS) is 15.3. The molecule has 5 aromatic rings. The second-order valence-corrected chi connectivity index (χ2v) is 13.5. The Kier molecular flexibility index (Phi) is 7.27. The molecule has 3 aromatic carbocycles. The van der Waals surface area contributed by atoms with Gasteiger partial charge in [0.1, 0.15) is 17.9 Å². The topological polar surface area (TPSA) is 75.5 Å². The largest absolute Gasteiger partial charge is 0.489 e. The molecule has 0 atom stereocenters. The Hall–Kier alpha value is -2.95. The lowest BCUT2D eigenvalue weighted by atomic mass is 9.92. The lowest BCUT2D eigenvalue weighted by Gasteiger charge is -2.39. The number of hydrogen-bond acceptors (Lipinski definition) is 7. The van der Waals surface area contributed by atoms with Crippen LogP contribution >= 0.6 is 57.7 Å². The maximum absolute atomic E-state index is 14.4. The summed E-state index contributed by atoms with van der Waals surface area (Å²) in [6.45, 7) is 1.66. The van der Waals surface area contributed by atoms with E-state index in [1.54, 1.807) is 0 Å². The van der Waals surface area contributed by atoms with E-state index in [1.165, 1.54) is 33.8 Å². The minimum Gasteiger partial charge on any atom is -0.489 e. The highest BCUT2D eigenvalue weighted by molar-refractivity contribution is 7.22. The van der Waals surface area contributed by atoms with E-state index in [0.717, 1.165) is 41.3 Å². The van der Waals surface area contributed by atoms with Crippen molar-refractivity contribution in [1.29, 1.82) is 0 Å². The van der Waals surface area contributed by atoms with Crippen molar-refractivity contribution in [3.8, 4) is 17.0 Å². The Morgan fingerprint density at radius 3 is 2.50 bits per heavy atom. The molecule has 2 fully saturated rings. The Bertz CT molecular complexity index is 1850. The second-order valence-electron chi connectivity index (χ2n) is 10.4. The second kappa shape index (κ2) is 11.0. The summed E-state index contributed by atoms with van der Waals surface area (Å²) in [5, 5.41) is 11.6. The van der Waals surface area contributed by atoms with Gasteiger partial charge in [0.25, 0.3) is 0 Å². The molecule has 0 bridgehead atoms. The minimum atomic E-state index is -1.17. The molecule has 42 heavy (non-hydrogen) atoms. The highest BCUT2D eigenvalue weighted by Crippen LogP contribution is 2.48. The predicted octanol–water partition coefficient (Wildman–Crippen LogP) is 9.28. The van der Waals surface area contributed by atoms with Gasteiger partial charge < -0.3 is 14.7 Å². The van der Waals surface area contributed by atoms with E-state index in [4.69, 9.17) is 43.9 Å². The van der Waals surface area contributed by atoms with Crippen molar-refractivity contribution in [2.75, 3.05) is 18.0 Å². The summed E-state index contributed by atoms with van der Waals surface area (Å²) in [5.74, 6) is -0.477. The number of carbonyl (C=O) groups is 1. The van der Waals surface area contributed by atoms with Gasteiger partial charge in [-0.3, -0.25) is 0 Å². The number of fused-ring (bicyclic) bond motifs is 1. The lowest BCUT2D eigenvalue weighted by Crippen LogP contribution is -2.45. The molecule has 0 radical (unpaired) electrons. The fourth-order valence-corrected chi connectivity index (χ4v) is 8.18. The van der Waals surface area contributed by atoms with Crippen molar-refractivity contribution in [2.24, 2.45) is 0 Å². The van der Waals surface area contributed by atoms with Crippen LogP contribution in [-0.2, 0) is 6.61 Å². The third-order valence-electron chi connectivity index (χ3n) is 7.60. The molecule has 7 rings (SSSR count). The van der Waals surface area contributed by atoms with Gasteiger partial charge in [0.05, 0.1) is 26.0 Å². The van der Waals surface area contributed by atoms with Gasteiger partial charge in [0.15, 0.2) is 10.9 Å². The van der Waals surface area contributed by atoms with Crippen LogP contribution in [0, 0.1) is 5.82 Å². The average molecular weight is 661 g/mol. The van der Waals surface area contributed by atoms with Gasteiger partial charge in [-0.25, -0.2) is 14.2 Å². The number of thiazole rings is 1. The van der Waals surface area contributed by atoms with Crippen LogP contribution in [0.4, 0.5) is 9.52 Å². The van der Waals surface area contributed by atoms with Crippen LogP contribution in [0.5, 0.6) is 5.75 Å². The zero-order chi connectivity index (χ0) is 29.1. The standard InChI is InChI=1S/C30H21Cl3FN3O3S2/c31-20-2-1-3-21(32)25(20)26-19(28(42-36-26)14-4-5-14)13-40-17-6-7-18(22(33)10-17)16-11-37(12-16)30-35-27-23(34)8-15(29(38)39)9-24(27)41-30/h1-3,6-10,14,16H,4-5,11-13H2,(H,38,39). The van der Waals surface area contributed by atoms with Crippen molar-refractivity contribution >= 4 is 79.0 Å². The van der Waals surface area contributed by atoms with Crippen molar-refractivity contribution in [3.05, 3.63) is 91.0 Å². The van der Waals surface area contributed by atoms with Crippen molar-refractivity contribution < 1.29 is 19.0 Å². The predicted molar refractivity (Wildman–Crippen MR) is 167 cm³/mol. The van der Waals surface area contributed by atoms with Crippen LogP contribution in [0.15, 0.2) is 48.5 Å². The van der Waals surface area contributed by atoms with E-state index in [9.17, 15) is 14.3 Å². The van der Waals surface area contributed by atoms with Gasteiger partial charge in [0, 0.05) is 40.0 Å². The number of nitrogens with zero attached hydrogens (tertiary/aromatic N) is 3. The summed E-state index contributed by atoms with van der Waals surface area (Å²) in [5.41, 5.74) is 3.60. The van der Waals surface area contributed by atoms with E-state index in [0.29, 0.717) is 56.3 Å². The van der Waals surface area contributed by atoms with Gasteiger partial charge in [0.2, 0.25) is 0 Å². The molecule has 12 heteroatoms.